The summed E-state index contributed by atoms with van der Waals surface area (Å²) in [7, 11) is 1.42. The molecule has 0 spiro atoms. The van der Waals surface area contributed by atoms with Crippen molar-refractivity contribution < 1.29 is 9.53 Å². The van der Waals surface area contributed by atoms with Gasteiger partial charge in [-0.2, -0.15) is 0 Å². The van der Waals surface area contributed by atoms with Crippen molar-refractivity contribution in [3.05, 3.63) is 35.5 Å². The molecule has 0 fully saturated rings. The van der Waals surface area contributed by atoms with Gasteiger partial charge >= 0.3 is 5.97 Å². The SMILES string of the molecule is COC(=O)c1cn(CC(C)C)c2ccc(C)cc12. The molecule has 0 atom stereocenters. The Labute approximate surface area is 107 Å². The number of fused-ring (bicyclic) bond motifs is 1. The molecular formula is C15H19NO2. The molecule has 0 aliphatic heterocycles. The lowest BCUT2D eigenvalue weighted by molar-refractivity contribution is 0.0602. The van der Waals surface area contributed by atoms with E-state index in [1.54, 1.807) is 0 Å². The molecule has 0 aliphatic rings. The minimum Gasteiger partial charge on any atom is -0.465 e. The highest BCUT2D eigenvalue weighted by atomic mass is 16.5. The fraction of sp³-hybridized carbons (Fsp3) is 0.400. The first-order valence-electron chi connectivity index (χ1n) is 6.20. The highest BCUT2D eigenvalue weighted by Gasteiger charge is 2.15. The van der Waals surface area contributed by atoms with E-state index >= 15 is 0 Å². The molecule has 2 aromatic rings. The Hall–Kier alpha value is -1.77. The molecule has 0 radical (unpaired) electrons. The number of aromatic nitrogens is 1. The number of esters is 1. The van der Waals surface area contributed by atoms with Gasteiger partial charge in [-0.25, -0.2) is 4.79 Å². The van der Waals surface area contributed by atoms with Crippen LogP contribution < -0.4 is 0 Å². The first-order chi connectivity index (χ1) is 8.52. The van der Waals surface area contributed by atoms with E-state index in [1.807, 2.05) is 19.2 Å². The maximum atomic E-state index is 11.8. The number of carbonyl (C=O) groups is 1. The molecule has 18 heavy (non-hydrogen) atoms. The standard InChI is InChI=1S/C15H19NO2/c1-10(2)8-16-9-13(15(17)18-4)12-7-11(3)5-6-14(12)16/h5-7,9-10H,8H2,1-4H3. The van der Waals surface area contributed by atoms with E-state index in [1.165, 1.54) is 7.11 Å². The Kier molecular flexibility index (Phi) is 3.41. The van der Waals surface area contributed by atoms with Crippen LogP contribution in [0, 0.1) is 12.8 Å². The van der Waals surface area contributed by atoms with E-state index < -0.39 is 0 Å². The van der Waals surface area contributed by atoms with Crippen LogP contribution in [0.15, 0.2) is 24.4 Å². The number of ether oxygens (including phenoxy) is 1. The fourth-order valence-electron chi connectivity index (χ4n) is 2.23. The van der Waals surface area contributed by atoms with Crippen LogP contribution in [0.5, 0.6) is 0 Å². The van der Waals surface area contributed by atoms with Crippen LogP contribution in [0.2, 0.25) is 0 Å². The lowest BCUT2D eigenvalue weighted by Crippen LogP contribution is -2.03. The molecule has 3 nitrogen and oxygen atoms in total. The zero-order valence-corrected chi connectivity index (χ0v) is 11.4. The summed E-state index contributed by atoms with van der Waals surface area (Å²) < 4.78 is 6.98. The highest BCUT2D eigenvalue weighted by Crippen LogP contribution is 2.24. The van der Waals surface area contributed by atoms with Gasteiger partial charge in [0.15, 0.2) is 0 Å². The Bertz CT molecular complexity index is 581. The molecule has 0 unspecified atom stereocenters. The molecular weight excluding hydrogens is 226 g/mol. The molecule has 0 bridgehead atoms. The van der Waals surface area contributed by atoms with Crippen molar-refractivity contribution in [2.75, 3.05) is 7.11 Å². The molecule has 0 saturated carbocycles. The van der Waals surface area contributed by atoms with Crippen molar-refractivity contribution in [3.63, 3.8) is 0 Å². The first-order valence-corrected chi connectivity index (χ1v) is 6.20. The van der Waals surface area contributed by atoms with E-state index in [4.69, 9.17) is 4.74 Å². The Morgan fingerprint density at radius 3 is 2.72 bits per heavy atom. The molecule has 2 rings (SSSR count). The van der Waals surface area contributed by atoms with Crippen LogP contribution in [0.25, 0.3) is 10.9 Å². The van der Waals surface area contributed by atoms with Gasteiger partial charge in [-0.05, 0) is 25.0 Å². The van der Waals surface area contributed by atoms with Gasteiger partial charge in [0.25, 0.3) is 0 Å². The third-order valence-corrected chi connectivity index (χ3v) is 3.00. The largest absolute Gasteiger partial charge is 0.465 e. The molecule has 0 amide bonds. The minimum atomic E-state index is -0.270. The zero-order valence-electron chi connectivity index (χ0n) is 11.4. The van der Waals surface area contributed by atoms with Crippen LogP contribution in [-0.4, -0.2) is 17.6 Å². The zero-order chi connectivity index (χ0) is 13.3. The molecule has 0 N–H and O–H groups in total. The Morgan fingerprint density at radius 1 is 1.39 bits per heavy atom. The number of methoxy groups -OCH3 is 1. The van der Waals surface area contributed by atoms with E-state index in [0.717, 1.165) is 23.0 Å². The van der Waals surface area contributed by atoms with Crippen LogP contribution >= 0.6 is 0 Å². The van der Waals surface area contributed by atoms with Crippen molar-refractivity contribution in [1.29, 1.82) is 0 Å². The third-order valence-electron chi connectivity index (χ3n) is 3.00. The smallest absolute Gasteiger partial charge is 0.340 e. The van der Waals surface area contributed by atoms with Gasteiger partial charge in [0, 0.05) is 23.6 Å². The molecule has 1 aromatic heterocycles. The number of nitrogens with zero attached hydrogens (tertiary/aromatic N) is 1. The highest BCUT2D eigenvalue weighted by molar-refractivity contribution is 6.04. The van der Waals surface area contributed by atoms with Gasteiger partial charge in [-0.3, -0.25) is 0 Å². The lowest BCUT2D eigenvalue weighted by atomic mass is 10.1. The predicted octanol–water partition coefficient (Wildman–Crippen LogP) is 3.39. The predicted molar refractivity (Wildman–Crippen MR) is 72.9 cm³/mol. The Morgan fingerprint density at radius 2 is 2.11 bits per heavy atom. The van der Waals surface area contributed by atoms with Crippen molar-refractivity contribution in [3.8, 4) is 0 Å². The number of hydrogen-bond donors (Lipinski definition) is 0. The minimum absolute atomic E-state index is 0.270. The molecule has 1 aromatic carbocycles. The molecule has 0 aliphatic carbocycles. The van der Waals surface area contributed by atoms with Crippen LogP contribution in [0.1, 0.15) is 29.8 Å². The average molecular weight is 245 g/mol. The summed E-state index contributed by atoms with van der Waals surface area (Å²) in [5.41, 5.74) is 2.89. The quantitative estimate of drug-likeness (QED) is 0.776. The monoisotopic (exact) mass is 245 g/mol. The second kappa shape index (κ2) is 4.84. The van der Waals surface area contributed by atoms with Gasteiger partial charge in [0.1, 0.15) is 0 Å². The van der Waals surface area contributed by atoms with Crippen LogP contribution in [0.4, 0.5) is 0 Å². The lowest BCUT2D eigenvalue weighted by Gasteiger charge is -2.07. The Balaban J connectivity index is 2.63. The summed E-state index contributed by atoms with van der Waals surface area (Å²) in [6, 6.07) is 6.18. The normalized spacial score (nSPS) is 11.2. The van der Waals surface area contributed by atoms with Crippen molar-refractivity contribution in [1.82, 2.24) is 4.57 Å². The number of benzene rings is 1. The maximum absolute atomic E-state index is 11.8. The van der Waals surface area contributed by atoms with Crippen molar-refractivity contribution in [2.24, 2.45) is 5.92 Å². The van der Waals surface area contributed by atoms with Gasteiger partial charge in [-0.1, -0.05) is 25.5 Å². The first kappa shape index (κ1) is 12.7. The van der Waals surface area contributed by atoms with Crippen LogP contribution in [-0.2, 0) is 11.3 Å². The fourth-order valence-corrected chi connectivity index (χ4v) is 2.23. The summed E-state index contributed by atoms with van der Waals surface area (Å²) in [6.45, 7) is 7.26. The maximum Gasteiger partial charge on any atom is 0.340 e. The molecule has 0 saturated heterocycles. The number of rotatable bonds is 3. The second-order valence-electron chi connectivity index (χ2n) is 5.10. The summed E-state index contributed by atoms with van der Waals surface area (Å²) in [6.07, 6.45) is 1.90. The van der Waals surface area contributed by atoms with Crippen molar-refractivity contribution >= 4 is 16.9 Å². The second-order valence-corrected chi connectivity index (χ2v) is 5.10. The average Bonchev–Trinajstić information content (AvgIpc) is 2.65. The molecule has 96 valence electrons. The van der Waals surface area contributed by atoms with E-state index in [0.29, 0.717) is 11.5 Å². The number of aryl methyl sites for hydroxylation is 1. The van der Waals surface area contributed by atoms with Gasteiger partial charge in [0.2, 0.25) is 0 Å². The third kappa shape index (κ3) is 2.26. The van der Waals surface area contributed by atoms with Gasteiger partial charge in [0.05, 0.1) is 12.7 Å². The van der Waals surface area contributed by atoms with E-state index in [2.05, 4.69) is 30.5 Å². The summed E-state index contributed by atoms with van der Waals surface area (Å²) >= 11 is 0. The van der Waals surface area contributed by atoms with Crippen molar-refractivity contribution in [2.45, 2.75) is 27.3 Å². The van der Waals surface area contributed by atoms with Gasteiger partial charge < -0.3 is 9.30 Å². The summed E-state index contributed by atoms with van der Waals surface area (Å²) in [4.78, 5) is 11.8. The van der Waals surface area contributed by atoms with Gasteiger partial charge in [-0.15, -0.1) is 0 Å². The number of hydrogen-bond acceptors (Lipinski definition) is 2. The topological polar surface area (TPSA) is 31.2 Å². The summed E-state index contributed by atoms with van der Waals surface area (Å²) in [5, 5.41) is 0.975. The molecule has 1 heterocycles. The number of carbonyl (C=O) groups excluding carboxylic acids is 1. The molecule has 3 heteroatoms. The summed E-state index contributed by atoms with van der Waals surface area (Å²) in [5.74, 6) is 0.264. The van der Waals surface area contributed by atoms with Crippen LogP contribution in [0.3, 0.4) is 0 Å². The van der Waals surface area contributed by atoms with E-state index in [9.17, 15) is 4.79 Å². The van der Waals surface area contributed by atoms with E-state index in [-0.39, 0.29) is 5.97 Å².